The lowest BCUT2D eigenvalue weighted by Crippen LogP contribution is -2.39. The maximum absolute atomic E-state index is 13.2. The van der Waals surface area contributed by atoms with E-state index in [1.807, 2.05) is 66.7 Å². The third-order valence-electron chi connectivity index (χ3n) is 5.78. The van der Waals surface area contributed by atoms with Crippen LogP contribution in [0, 0.1) is 12.3 Å². The molecule has 5 heteroatoms. The molecule has 5 nitrogen and oxygen atoms in total. The van der Waals surface area contributed by atoms with Gasteiger partial charge in [0.2, 0.25) is 0 Å². The molecule has 0 saturated carbocycles. The van der Waals surface area contributed by atoms with Crippen molar-refractivity contribution in [3.63, 3.8) is 0 Å². The summed E-state index contributed by atoms with van der Waals surface area (Å²) in [7, 11) is 0. The number of benzene rings is 2. The Balaban J connectivity index is 1.68. The summed E-state index contributed by atoms with van der Waals surface area (Å²) in [5, 5.41) is 6.17. The maximum Gasteiger partial charge on any atom is 0.319 e. The van der Waals surface area contributed by atoms with E-state index in [0.29, 0.717) is 5.69 Å². The van der Waals surface area contributed by atoms with E-state index in [1.165, 1.54) is 0 Å². The third-order valence-corrected chi connectivity index (χ3v) is 5.78. The molecular formula is C29H30N4O. The van der Waals surface area contributed by atoms with Crippen LogP contribution >= 0.6 is 0 Å². The molecule has 172 valence electrons. The van der Waals surface area contributed by atoms with Crippen molar-refractivity contribution in [3.05, 3.63) is 103 Å². The van der Waals surface area contributed by atoms with E-state index in [2.05, 4.69) is 60.4 Å². The van der Waals surface area contributed by atoms with Crippen LogP contribution in [0.4, 0.5) is 10.5 Å². The highest BCUT2D eigenvalue weighted by atomic mass is 16.2. The number of aryl methyl sites for hydroxylation is 1. The molecule has 2 aromatic heterocycles. The Morgan fingerprint density at radius 1 is 0.853 bits per heavy atom. The van der Waals surface area contributed by atoms with Gasteiger partial charge in [-0.15, -0.1) is 0 Å². The molecule has 0 aliphatic heterocycles. The second-order valence-corrected chi connectivity index (χ2v) is 9.45. The first-order chi connectivity index (χ1) is 16.3. The van der Waals surface area contributed by atoms with E-state index in [0.717, 1.165) is 33.6 Å². The van der Waals surface area contributed by atoms with Gasteiger partial charge in [0, 0.05) is 17.3 Å². The van der Waals surface area contributed by atoms with Gasteiger partial charge in [0.05, 0.1) is 29.3 Å². The lowest BCUT2D eigenvalue weighted by Gasteiger charge is -2.31. The minimum Gasteiger partial charge on any atom is -0.329 e. The van der Waals surface area contributed by atoms with E-state index in [-0.39, 0.29) is 17.5 Å². The average Bonchev–Trinajstić information content (AvgIpc) is 2.84. The van der Waals surface area contributed by atoms with Crippen LogP contribution < -0.4 is 10.6 Å². The standard InChI is InChI=1S/C29H30N4O/c1-20-12-8-9-15-22(20)23-18-25(21-13-6-5-7-14-21)31-19-26(23)32-28(34)33-27(29(2,3)4)24-16-10-11-17-30-24/h5-19,27H,1-4H3,(H2,32,33,34). The van der Waals surface area contributed by atoms with Gasteiger partial charge in [-0.3, -0.25) is 9.97 Å². The average molecular weight is 451 g/mol. The Kier molecular flexibility index (Phi) is 6.73. The first-order valence-corrected chi connectivity index (χ1v) is 11.4. The predicted molar refractivity (Wildman–Crippen MR) is 138 cm³/mol. The summed E-state index contributed by atoms with van der Waals surface area (Å²) in [6, 6.07) is 25.4. The molecule has 1 unspecified atom stereocenters. The van der Waals surface area contributed by atoms with Crippen LogP contribution in [0.5, 0.6) is 0 Å². The second-order valence-electron chi connectivity index (χ2n) is 9.45. The van der Waals surface area contributed by atoms with Gasteiger partial charge < -0.3 is 10.6 Å². The summed E-state index contributed by atoms with van der Waals surface area (Å²) in [6.07, 6.45) is 3.48. The molecule has 1 atom stereocenters. The molecule has 2 heterocycles. The van der Waals surface area contributed by atoms with E-state index < -0.39 is 0 Å². The zero-order chi connectivity index (χ0) is 24.1. The molecule has 0 spiro atoms. The minimum absolute atomic E-state index is 0.222. The molecule has 0 bridgehead atoms. The largest absolute Gasteiger partial charge is 0.329 e. The van der Waals surface area contributed by atoms with Crippen molar-refractivity contribution in [2.24, 2.45) is 5.41 Å². The van der Waals surface area contributed by atoms with Crippen molar-refractivity contribution >= 4 is 11.7 Å². The number of hydrogen-bond donors (Lipinski definition) is 2. The van der Waals surface area contributed by atoms with Gasteiger partial charge in [0.25, 0.3) is 0 Å². The van der Waals surface area contributed by atoms with E-state index in [1.54, 1.807) is 12.4 Å². The number of aromatic nitrogens is 2. The van der Waals surface area contributed by atoms with Crippen LogP contribution in [0.25, 0.3) is 22.4 Å². The van der Waals surface area contributed by atoms with E-state index in [9.17, 15) is 4.79 Å². The summed E-state index contributed by atoms with van der Waals surface area (Å²) in [6.45, 7) is 8.32. The monoisotopic (exact) mass is 450 g/mol. The zero-order valence-electron chi connectivity index (χ0n) is 20.0. The summed E-state index contributed by atoms with van der Waals surface area (Å²) < 4.78 is 0. The lowest BCUT2D eigenvalue weighted by atomic mass is 9.84. The molecule has 2 amide bonds. The van der Waals surface area contributed by atoms with Gasteiger partial charge in [0.15, 0.2) is 0 Å². The second kappa shape index (κ2) is 9.87. The van der Waals surface area contributed by atoms with Crippen LogP contribution in [-0.2, 0) is 0 Å². The SMILES string of the molecule is Cc1ccccc1-c1cc(-c2ccccc2)ncc1NC(=O)NC(c1ccccn1)C(C)(C)C. The molecular weight excluding hydrogens is 420 g/mol. The van der Waals surface area contributed by atoms with Crippen LogP contribution in [0.15, 0.2) is 91.3 Å². The quantitative estimate of drug-likeness (QED) is 0.343. The number of carbonyl (C=O) groups is 1. The van der Waals surface area contributed by atoms with Crippen molar-refractivity contribution in [2.75, 3.05) is 5.32 Å². The third kappa shape index (κ3) is 5.31. The molecule has 2 N–H and O–H groups in total. The molecule has 0 aliphatic carbocycles. The van der Waals surface area contributed by atoms with Crippen molar-refractivity contribution < 1.29 is 4.79 Å². The highest BCUT2D eigenvalue weighted by molar-refractivity contribution is 5.95. The molecule has 0 saturated heterocycles. The summed E-state index contributed by atoms with van der Waals surface area (Å²) >= 11 is 0. The van der Waals surface area contributed by atoms with E-state index in [4.69, 9.17) is 0 Å². The molecule has 0 aliphatic rings. The Bertz CT molecular complexity index is 1260. The molecule has 0 radical (unpaired) electrons. The fourth-order valence-electron chi connectivity index (χ4n) is 3.99. The number of nitrogens with one attached hydrogen (secondary N) is 2. The van der Waals surface area contributed by atoms with Gasteiger partial charge in [-0.1, -0.05) is 81.4 Å². The number of rotatable bonds is 5. The number of pyridine rings is 2. The number of nitrogens with zero attached hydrogens (tertiary/aromatic N) is 2. The summed E-state index contributed by atoms with van der Waals surface area (Å²) in [4.78, 5) is 22.3. The van der Waals surface area contributed by atoms with Crippen molar-refractivity contribution in [3.8, 4) is 22.4 Å². The van der Waals surface area contributed by atoms with Crippen molar-refractivity contribution in [2.45, 2.75) is 33.7 Å². The van der Waals surface area contributed by atoms with Gasteiger partial charge in [0.1, 0.15) is 0 Å². The fraction of sp³-hybridized carbons (Fsp3) is 0.207. The fourth-order valence-corrected chi connectivity index (χ4v) is 3.99. The number of carbonyl (C=O) groups excluding carboxylic acids is 1. The lowest BCUT2D eigenvalue weighted by molar-refractivity contribution is 0.227. The van der Waals surface area contributed by atoms with Crippen LogP contribution in [0.3, 0.4) is 0 Å². The van der Waals surface area contributed by atoms with Gasteiger partial charge >= 0.3 is 6.03 Å². The Hall–Kier alpha value is -3.99. The predicted octanol–water partition coefficient (Wildman–Crippen LogP) is 7.03. The summed E-state index contributed by atoms with van der Waals surface area (Å²) in [5.74, 6) is 0. The molecule has 4 rings (SSSR count). The number of urea groups is 1. The topological polar surface area (TPSA) is 66.9 Å². The van der Waals surface area contributed by atoms with E-state index >= 15 is 0 Å². The number of anilines is 1. The minimum atomic E-state index is -0.297. The van der Waals surface area contributed by atoms with Crippen molar-refractivity contribution in [1.82, 2.24) is 15.3 Å². The normalized spacial score (nSPS) is 12.1. The highest BCUT2D eigenvalue weighted by Gasteiger charge is 2.29. The highest BCUT2D eigenvalue weighted by Crippen LogP contribution is 2.34. The zero-order valence-corrected chi connectivity index (χ0v) is 20.0. The van der Waals surface area contributed by atoms with Crippen LogP contribution in [0.2, 0.25) is 0 Å². The number of amides is 2. The smallest absolute Gasteiger partial charge is 0.319 e. The first-order valence-electron chi connectivity index (χ1n) is 11.4. The summed E-state index contributed by atoms with van der Waals surface area (Å²) in [5.41, 5.74) is 6.23. The maximum atomic E-state index is 13.2. The van der Waals surface area contributed by atoms with Crippen LogP contribution in [0.1, 0.15) is 38.1 Å². The molecule has 2 aromatic carbocycles. The molecule has 0 fully saturated rings. The van der Waals surface area contributed by atoms with Crippen LogP contribution in [-0.4, -0.2) is 16.0 Å². The van der Waals surface area contributed by atoms with Gasteiger partial charge in [-0.05, 0) is 41.7 Å². The van der Waals surface area contributed by atoms with Gasteiger partial charge in [-0.25, -0.2) is 4.79 Å². The van der Waals surface area contributed by atoms with Gasteiger partial charge in [-0.2, -0.15) is 0 Å². The first kappa shape index (κ1) is 23.2. The Morgan fingerprint density at radius 3 is 2.24 bits per heavy atom. The molecule has 4 aromatic rings. The number of hydrogen-bond acceptors (Lipinski definition) is 3. The Morgan fingerprint density at radius 2 is 1.56 bits per heavy atom. The van der Waals surface area contributed by atoms with Crippen molar-refractivity contribution in [1.29, 1.82) is 0 Å². The Labute approximate surface area is 201 Å². The molecule has 34 heavy (non-hydrogen) atoms.